The Morgan fingerprint density at radius 3 is 2.45 bits per heavy atom. The molecule has 0 radical (unpaired) electrons. The molecule has 1 aromatic rings. The highest BCUT2D eigenvalue weighted by Gasteiger charge is 2.33. The van der Waals surface area contributed by atoms with Crippen LogP contribution in [0, 0.1) is 5.92 Å². The molecular weight excluding hydrogens is 276 g/mol. The fourth-order valence-corrected chi connectivity index (χ4v) is 3.20. The Labute approximate surface area is 133 Å². The van der Waals surface area contributed by atoms with Gasteiger partial charge in [-0.25, -0.2) is 0 Å². The van der Waals surface area contributed by atoms with Crippen molar-refractivity contribution in [2.45, 2.75) is 59.1 Å². The third-order valence-corrected chi connectivity index (χ3v) is 4.71. The van der Waals surface area contributed by atoms with Gasteiger partial charge in [0, 0.05) is 12.6 Å². The summed E-state index contributed by atoms with van der Waals surface area (Å²) in [5.74, 6) is 1.29. The first-order valence-corrected chi connectivity index (χ1v) is 8.44. The number of nitrogens with zero attached hydrogens (tertiary/aromatic N) is 1. The lowest BCUT2D eigenvalue weighted by Crippen LogP contribution is -2.45. The van der Waals surface area contributed by atoms with E-state index in [2.05, 4.69) is 13.8 Å². The van der Waals surface area contributed by atoms with E-state index >= 15 is 0 Å². The number of fused-ring (bicyclic) bond motifs is 1. The van der Waals surface area contributed by atoms with E-state index in [4.69, 9.17) is 10.5 Å². The second-order valence-corrected chi connectivity index (χ2v) is 5.93. The van der Waals surface area contributed by atoms with Crippen LogP contribution in [0.3, 0.4) is 0 Å². The summed E-state index contributed by atoms with van der Waals surface area (Å²) < 4.78 is 5.84. The van der Waals surface area contributed by atoms with Gasteiger partial charge in [0.25, 0.3) is 5.91 Å². The zero-order valence-corrected chi connectivity index (χ0v) is 14.1. The largest absolute Gasteiger partial charge is 0.478 e. The lowest BCUT2D eigenvalue weighted by Gasteiger charge is -2.34. The lowest BCUT2D eigenvalue weighted by molar-refractivity contribution is -0.126. The number of rotatable bonds is 6. The SMILES string of the molecule is CCC1Oc2ccc(C(N)C(CC)CC)cc2N(CC)C1=O. The molecule has 2 N–H and O–H groups in total. The number of ether oxygens (including phenoxy) is 1. The second kappa shape index (κ2) is 7.14. The van der Waals surface area contributed by atoms with E-state index in [1.165, 1.54) is 0 Å². The molecule has 0 aliphatic carbocycles. The molecule has 1 aliphatic heterocycles. The van der Waals surface area contributed by atoms with Crippen LogP contribution in [-0.2, 0) is 4.79 Å². The zero-order valence-electron chi connectivity index (χ0n) is 14.1. The van der Waals surface area contributed by atoms with Crippen LogP contribution in [0.25, 0.3) is 0 Å². The van der Waals surface area contributed by atoms with Gasteiger partial charge in [0.15, 0.2) is 6.10 Å². The number of carbonyl (C=O) groups excluding carboxylic acids is 1. The van der Waals surface area contributed by atoms with E-state index in [1.54, 1.807) is 0 Å². The maximum atomic E-state index is 12.4. The van der Waals surface area contributed by atoms with Gasteiger partial charge in [-0.05, 0) is 37.0 Å². The summed E-state index contributed by atoms with van der Waals surface area (Å²) in [5, 5.41) is 0. The second-order valence-electron chi connectivity index (χ2n) is 5.93. The molecule has 4 nitrogen and oxygen atoms in total. The Morgan fingerprint density at radius 2 is 1.91 bits per heavy atom. The molecule has 2 unspecified atom stereocenters. The van der Waals surface area contributed by atoms with Crippen LogP contribution in [-0.4, -0.2) is 18.6 Å². The van der Waals surface area contributed by atoms with E-state index in [0.717, 1.165) is 29.8 Å². The molecule has 1 aliphatic rings. The van der Waals surface area contributed by atoms with Gasteiger partial charge in [0.2, 0.25) is 0 Å². The number of likely N-dealkylation sites (N-methyl/N-ethyl adjacent to an activating group) is 1. The van der Waals surface area contributed by atoms with Gasteiger partial charge in [-0.1, -0.05) is 39.7 Å². The predicted octanol–water partition coefficient (Wildman–Crippen LogP) is 3.65. The fraction of sp³-hybridized carbons (Fsp3) is 0.611. The van der Waals surface area contributed by atoms with Crippen molar-refractivity contribution in [1.29, 1.82) is 0 Å². The van der Waals surface area contributed by atoms with Crippen LogP contribution in [0.1, 0.15) is 58.6 Å². The summed E-state index contributed by atoms with van der Waals surface area (Å²) in [6.45, 7) is 8.95. The van der Waals surface area contributed by atoms with Crippen LogP contribution in [0.5, 0.6) is 5.75 Å². The van der Waals surface area contributed by atoms with Crippen molar-refractivity contribution in [1.82, 2.24) is 0 Å². The Hall–Kier alpha value is -1.55. The van der Waals surface area contributed by atoms with Crippen molar-refractivity contribution in [3.05, 3.63) is 23.8 Å². The van der Waals surface area contributed by atoms with Crippen molar-refractivity contribution in [3.8, 4) is 5.75 Å². The molecule has 0 bridgehead atoms. The van der Waals surface area contributed by atoms with Gasteiger partial charge in [0.1, 0.15) is 5.75 Å². The maximum Gasteiger partial charge on any atom is 0.268 e. The summed E-state index contributed by atoms with van der Waals surface area (Å²) in [6, 6.07) is 6.03. The summed E-state index contributed by atoms with van der Waals surface area (Å²) >= 11 is 0. The number of carbonyl (C=O) groups is 1. The number of nitrogens with two attached hydrogens (primary N) is 1. The molecule has 1 amide bonds. The highest BCUT2D eigenvalue weighted by molar-refractivity contribution is 6.00. The van der Waals surface area contributed by atoms with Crippen molar-refractivity contribution in [3.63, 3.8) is 0 Å². The summed E-state index contributed by atoms with van der Waals surface area (Å²) in [7, 11) is 0. The average molecular weight is 304 g/mol. The van der Waals surface area contributed by atoms with Gasteiger partial charge in [-0.15, -0.1) is 0 Å². The zero-order chi connectivity index (χ0) is 16.3. The average Bonchev–Trinajstić information content (AvgIpc) is 2.54. The molecule has 0 fully saturated rings. The number of benzene rings is 1. The van der Waals surface area contributed by atoms with Gasteiger partial charge in [-0.3, -0.25) is 4.79 Å². The Morgan fingerprint density at radius 1 is 1.23 bits per heavy atom. The monoisotopic (exact) mass is 304 g/mol. The first kappa shape index (κ1) is 16.8. The van der Waals surface area contributed by atoms with Crippen LogP contribution in [0.15, 0.2) is 18.2 Å². The first-order valence-electron chi connectivity index (χ1n) is 8.44. The molecule has 2 atom stereocenters. The number of hydrogen-bond donors (Lipinski definition) is 1. The summed E-state index contributed by atoms with van der Waals surface area (Å²) in [5.41, 5.74) is 8.36. The quantitative estimate of drug-likeness (QED) is 0.873. The number of hydrogen-bond acceptors (Lipinski definition) is 3. The minimum atomic E-state index is -0.369. The van der Waals surface area contributed by atoms with Crippen molar-refractivity contribution >= 4 is 11.6 Å². The topological polar surface area (TPSA) is 55.6 Å². The fourth-order valence-electron chi connectivity index (χ4n) is 3.20. The molecular formula is C18H28N2O2. The van der Waals surface area contributed by atoms with Gasteiger partial charge in [-0.2, -0.15) is 0 Å². The van der Waals surface area contributed by atoms with Crippen LogP contribution in [0.4, 0.5) is 5.69 Å². The molecule has 0 saturated carbocycles. The van der Waals surface area contributed by atoms with E-state index in [9.17, 15) is 4.79 Å². The number of amides is 1. The molecule has 0 spiro atoms. The van der Waals surface area contributed by atoms with Crippen molar-refractivity contribution in [2.75, 3.05) is 11.4 Å². The molecule has 1 aromatic carbocycles. The Kier molecular flexibility index (Phi) is 5.46. The molecule has 0 aromatic heterocycles. The molecule has 4 heteroatoms. The van der Waals surface area contributed by atoms with Gasteiger partial charge >= 0.3 is 0 Å². The minimum absolute atomic E-state index is 0.00185. The lowest BCUT2D eigenvalue weighted by atomic mass is 9.89. The molecule has 122 valence electrons. The van der Waals surface area contributed by atoms with Gasteiger partial charge < -0.3 is 15.4 Å². The van der Waals surface area contributed by atoms with E-state index < -0.39 is 0 Å². The van der Waals surface area contributed by atoms with Crippen molar-refractivity contribution in [2.24, 2.45) is 11.7 Å². The van der Waals surface area contributed by atoms with Crippen LogP contribution >= 0.6 is 0 Å². The standard InChI is InChI=1S/C18H28N2O2/c1-5-12(6-2)17(19)13-9-10-16-14(11-13)20(8-4)18(21)15(7-3)22-16/h9-12,15,17H,5-8,19H2,1-4H3. The summed E-state index contributed by atoms with van der Waals surface area (Å²) in [4.78, 5) is 14.3. The highest BCUT2D eigenvalue weighted by Crippen LogP contribution is 2.38. The predicted molar refractivity (Wildman–Crippen MR) is 90.2 cm³/mol. The van der Waals surface area contributed by atoms with E-state index in [0.29, 0.717) is 18.9 Å². The maximum absolute atomic E-state index is 12.4. The Bertz CT molecular complexity index is 526. The third kappa shape index (κ3) is 2.98. The highest BCUT2D eigenvalue weighted by atomic mass is 16.5. The third-order valence-electron chi connectivity index (χ3n) is 4.71. The Balaban J connectivity index is 2.38. The molecule has 0 saturated heterocycles. The van der Waals surface area contributed by atoms with Crippen LogP contribution in [0.2, 0.25) is 0 Å². The van der Waals surface area contributed by atoms with Gasteiger partial charge in [0.05, 0.1) is 5.69 Å². The van der Waals surface area contributed by atoms with Crippen molar-refractivity contribution < 1.29 is 9.53 Å². The van der Waals surface area contributed by atoms with E-state index in [-0.39, 0.29) is 18.1 Å². The van der Waals surface area contributed by atoms with E-state index in [1.807, 2.05) is 36.9 Å². The van der Waals surface area contributed by atoms with Crippen LogP contribution < -0.4 is 15.4 Å². The molecule has 2 rings (SSSR count). The minimum Gasteiger partial charge on any atom is -0.478 e. The first-order chi connectivity index (χ1) is 10.6. The number of anilines is 1. The smallest absolute Gasteiger partial charge is 0.268 e. The molecule has 22 heavy (non-hydrogen) atoms. The summed E-state index contributed by atoms with van der Waals surface area (Å²) in [6.07, 6.45) is 2.43. The normalized spacial score (nSPS) is 19.1. The molecule has 1 heterocycles.